The molecule has 0 saturated heterocycles. The molecule has 2 atom stereocenters. The average Bonchev–Trinajstić information content (AvgIpc) is 2.08. The van der Waals surface area contributed by atoms with E-state index in [0.29, 0.717) is 0 Å². The van der Waals surface area contributed by atoms with E-state index in [9.17, 15) is 19.8 Å². The first-order valence-electron chi connectivity index (χ1n) is 3.28. The monoisotopic (exact) mass is 281 g/mol. The van der Waals surface area contributed by atoms with Crippen molar-refractivity contribution in [1.82, 2.24) is 0 Å². The van der Waals surface area contributed by atoms with Gasteiger partial charge >= 0.3 is 55.0 Å². The summed E-state index contributed by atoms with van der Waals surface area (Å²) in [5.41, 5.74) is 0. The van der Waals surface area contributed by atoms with E-state index in [1.54, 1.807) is 0 Å². The maximum atomic E-state index is 9.34. The normalized spacial score (nSPS) is 10.5. The minimum Gasteiger partial charge on any atom is 1.00 e. The Kier molecular flexibility index (Phi) is 39.4. The summed E-state index contributed by atoms with van der Waals surface area (Å²) in [6, 6.07) is 0. The molecule has 0 saturated carbocycles. The number of aliphatic hydroxyl groups excluding tert-OH is 2. The van der Waals surface area contributed by atoms with E-state index in [4.69, 9.17) is 10.2 Å². The van der Waals surface area contributed by atoms with Crippen molar-refractivity contribution in [1.29, 1.82) is 0 Å². The topological polar surface area (TPSA) is 152 Å². The van der Waals surface area contributed by atoms with Crippen LogP contribution in [0.15, 0.2) is 0 Å². The Morgan fingerprint density at radius 3 is 1.12 bits per heavy atom. The summed E-state index contributed by atoms with van der Waals surface area (Å²) in [5.74, 6) is -2.87. The summed E-state index contributed by atoms with van der Waals surface area (Å²) in [4.78, 5) is 18.7. The molecule has 0 amide bonds. The molecule has 0 fully saturated rings. The summed E-state index contributed by atoms with van der Waals surface area (Å²) in [6.45, 7) is 2.27. The number of carbonyl (C=O) groups excluding carboxylic acids is 2. The number of carboxylic acids is 2. The Hall–Kier alpha value is 0.642. The molecule has 0 heterocycles. The van der Waals surface area contributed by atoms with Gasteiger partial charge in [0, 0.05) is 0 Å². The fraction of sp³-hybridized carbons (Fsp3) is 0.667. The van der Waals surface area contributed by atoms with Crippen LogP contribution in [0.25, 0.3) is 0 Å². The van der Waals surface area contributed by atoms with Crippen LogP contribution in [0.1, 0.15) is 13.8 Å². The molecule has 0 spiro atoms. The summed E-state index contributed by atoms with van der Waals surface area (Å²) in [5, 5.41) is 34.6. The summed E-state index contributed by atoms with van der Waals surface area (Å²) >= 11 is 1.89. The summed E-state index contributed by atoms with van der Waals surface area (Å²) < 4.78 is 0. The van der Waals surface area contributed by atoms with Crippen LogP contribution in [0.5, 0.6) is 0 Å². The Balaban J connectivity index is -0.0000000393. The Bertz CT molecular complexity index is 149. The van der Waals surface area contributed by atoms with Crippen molar-refractivity contribution >= 4 is 37.4 Å². The van der Waals surface area contributed by atoms with Crippen LogP contribution in [0.4, 0.5) is 0 Å². The van der Waals surface area contributed by atoms with Crippen LogP contribution in [-0.2, 0) is 9.59 Å². The number of carboxylic acid groups (broad SMARTS) is 2. The van der Waals surface area contributed by atoms with Gasteiger partial charge in [-0.2, -0.15) is 0 Å². The van der Waals surface area contributed by atoms with Gasteiger partial charge < -0.3 is 35.5 Å². The molecule has 0 bridgehead atoms. The Morgan fingerprint density at radius 1 is 1.06 bits per heavy atom. The van der Waals surface area contributed by atoms with Gasteiger partial charge in [-0.1, -0.05) is 0 Å². The third-order valence-corrected chi connectivity index (χ3v) is 0.682. The minimum absolute atomic E-state index is 0. The molecule has 89 valence electrons. The molecule has 0 aromatic carbocycles. The molecule has 10 heteroatoms. The second-order valence-corrected chi connectivity index (χ2v) is 1.99. The third-order valence-electron chi connectivity index (χ3n) is 0.682. The van der Waals surface area contributed by atoms with E-state index in [1.165, 1.54) is 0 Å². The van der Waals surface area contributed by atoms with Gasteiger partial charge in [0.05, 0.1) is 24.1 Å². The molecule has 0 aromatic rings. The predicted molar refractivity (Wildman–Crippen MR) is 48.6 cm³/mol. The number of carbonyl (C=O) groups is 2. The fourth-order valence-corrected chi connectivity index (χ4v) is 0. The molecule has 7 nitrogen and oxygen atoms in total. The first kappa shape index (κ1) is 30.0. The zero-order valence-corrected chi connectivity index (χ0v) is 13.0. The van der Waals surface area contributed by atoms with Gasteiger partial charge in [-0.15, -0.1) is 0 Å². The quantitative estimate of drug-likeness (QED) is 0.480. The SMILES string of the molecule is CC(O)C(=O)[O-].CC(O)C(=O)[O-].O.[Al+][Cl].[Na+]. The van der Waals surface area contributed by atoms with Crippen LogP contribution in [-0.4, -0.2) is 55.2 Å². The molecule has 0 aliphatic carbocycles. The molecule has 0 aliphatic heterocycles. The van der Waals surface area contributed by atoms with Gasteiger partial charge in [0.2, 0.25) is 0 Å². The van der Waals surface area contributed by atoms with Gasteiger partial charge in [-0.25, -0.2) is 0 Å². The predicted octanol–water partition coefficient (Wildman–Crippen LogP) is -7.28. The van der Waals surface area contributed by atoms with Gasteiger partial charge in [-0.05, 0) is 13.8 Å². The number of aliphatic carboxylic acids is 2. The van der Waals surface area contributed by atoms with E-state index >= 15 is 0 Å². The molecule has 1 radical (unpaired) electrons. The molecule has 0 rings (SSSR count). The molecule has 4 N–H and O–H groups in total. The standard InChI is InChI=1S/2C3H6O3.Al.ClH.Na.H2O/c2*1-2(4)3(5)6;;;;/h2*2,4H,1H3,(H,5,6);;1H;;1H2/q;;+2;;+1;/p-3. The molecular weight excluding hydrogens is 269 g/mol. The van der Waals surface area contributed by atoms with E-state index in [-0.39, 0.29) is 35.0 Å². The number of hydrogen-bond acceptors (Lipinski definition) is 6. The number of rotatable bonds is 2. The first-order chi connectivity index (χ1) is 6.29. The zero-order valence-electron chi connectivity index (χ0n) is 9.14. The maximum absolute atomic E-state index is 9.34. The van der Waals surface area contributed by atoms with Gasteiger partial charge in [0.15, 0.2) is 0 Å². The van der Waals surface area contributed by atoms with Crippen LogP contribution in [0.2, 0.25) is 0 Å². The van der Waals surface area contributed by atoms with E-state index in [0.717, 1.165) is 13.8 Å². The zero-order chi connectivity index (χ0) is 12.3. The second kappa shape index (κ2) is 21.0. The molecule has 0 aromatic heterocycles. The molecular formula is C6H12AlClNaO7. The van der Waals surface area contributed by atoms with Crippen LogP contribution >= 0.6 is 10.0 Å². The van der Waals surface area contributed by atoms with Crippen molar-refractivity contribution in [3.8, 4) is 0 Å². The summed E-state index contributed by atoms with van der Waals surface area (Å²) in [6.07, 6.45) is -2.69. The largest absolute Gasteiger partial charge is 1.00 e. The Labute approximate surface area is 128 Å². The van der Waals surface area contributed by atoms with Crippen molar-refractivity contribution in [3.63, 3.8) is 0 Å². The third kappa shape index (κ3) is 36.5. The van der Waals surface area contributed by atoms with Crippen molar-refractivity contribution in [2.24, 2.45) is 0 Å². The van der Waals surface area contributed by atoms with Crippen LogP contribution < -0.4 is 39.8 Å². The Morgan fingerprint density at radius 2 is 1.12 bits per heavy atom. The van der Waals surface area contributed by atoms with Gasteiger partial charge in [-0.3, -0.25) is 0 Å². The molecule has 2 unspecified atom stereocenters. The van der Waals surface area contributed by atoms with Crippen molar-refractivity contribution in [3.05, 3.63) is 0 Å². The van der Waals surface area contributed by atoms with E-state index in [2.05, 4.69) is 10.0 Å². The second-order valence-electron chi connectivity index (χ2n) is 1.99. The van der Waals surface area contributed by atoms with E-state index in [1.807, 2.05) is 15.4 Å². The van der Waals surface area contributed by atoms with Crippen molar-refractivity contribution < 1.29 is 65.0 Å². The number of aliphatic hydroxyl groups is 2. The smallest absolute Gasteiger partial charge is 1.00 e. The van der Waals surface area contributed by atoms with Crippen molar-refractivity contribution in [2.75, 3.05) is 0 Å². The number of halogens is 1. The number of hydrogen-bond donors (Lipinski definition) is 2. The van der Waals surface area contributed by atoms with Gasteiger partial charge in [0.1, 0.15) is 0 Å². The average molecular weight is 282 g/mol. The summed E-state index contributed by atoms with van der Waals surface area (Å²) in [7, 11) is 4.56. The van der Waals surface area contributed by atoms with E-state index < -0.39 is 24.1 Å². The van der Waals surface area contributed by atoms with Crippen molar-refractivity contribution in [2.45, 2.75) is 26.1 Å². The first-order valence-corrected chi connectivity index (χ1v) is 5.03. The van der Waals surface area contributed by atoms with Gasteiger partial charge in [0.25, 0.3) is 0 Å². The van der Waals surface area contributed by atoms with Crippen LogP contribution in [0.3, 0.4) is 0 Å². The molecule has 16 heavy (non-hydrogen) atoms. The molecule has 0 aliphatic rings. The van der Waals surface area contributed by atoms with Crippen LogP contribution in [0, 0.1) is 0 Å². The minimum atomic E-state index is -1.44. The maximum Gasteiger partial charge on any atom is 1.00 e. The fourth-order valence-electron chi connectivity index (χ4n) is 0.